The van der Waals surface area contributed by atoms with Gasteiger partial charge in [0.05, 0.1) is 6.10 Å². The van der Waals surface area contributed by atoms with Crippen molar-refractivity contribution < 1.29 is 9.50 Å². The van der Waals surface area contributed by atoms with Crippen LogP contribution in [0.5, 0.6) is 0 Å². The van der Waals surface area contributed by atoms with Crippen molar-refractivity contribution >= 4 is 0 Å². The molecule has 1 saturated carbocycles. The van der Waals surface area contributed by atoms with E-state index in [0.29, 0.717) is 12.8 Å². The zero-order valence-corrected chi connectivity index (χ0v) is 9.33. The molecule has 0 N–H and O–H groups in total. The zero-order valence-electron chi connectivity index (χ0n) is 9.33. The maximum absolute atomic E-state index is 13.9. The zero-order chi connectivity index (χ0) is 10.7. The Balaban J connectivity index is 1.89. The Bertz CT molecular complexity index is 192. The van der Waals surface area contributed by atoms with Gasteiger partial charge in [0, 0.05) is 19.1 Å². The SMILES string of the molecule is [O]C1CCN(C2CCCCCC2F)CC1. The van der Waals surface area contributed by atoms with Gasteiger partial charge in [0.1, 0.15) is 6.17 Å². The maximum Gasteiger partial charge on any atom is 0.116 e. The third kappa shape index (κ3) is 2.91. The van der Waals surface area contributed by atoms with Gasteiger partial charge >= 0.3 is 0 Å². The molecule has 0 bridgehead atoms. The maximum atomic E-state index is 13.9. The molecule has 0 aromatic carbocycles. The quantitative estimate of drug-likeness (QED) is 0.615. The van der Waals surface area contributed by atoms with Crippen LogP contribution in [0.3, 0.4) is 0 Å². The summed E-state index contributed by atoms with van der Waals surface area (Å²) in [5.41, 5.74) is 0. The molecule has 1 aliphatic heterocycles. The molecule has 2 rings (SSSR count). The fourth-order valence-electron chi connectivity index (χ4n) is 2.86. The highest BCUT2D eigenvalue weighted by Gasteiger charge is 2.31. The van der Waals surface area contributed by atoms with Gasteiger partial charge in [-0.25, -0.2) is 9.50 Å². The molecule has 0 amide bonds. The highest BCUT2D eigenvalue weighted by atomic mass is 19.1. The Morgan fingerprint density at radius 3 is 2.33 bits per heavy atom. The number of hydrogen-bond acceptors (Lipinski definition) is 1. The molecule has 2 unspecified atom stereocenters. The van der Waals surface area contributed by atoms with Crippen molar-refractivity contribution in [3.63, 3.8) is 0 Å². The predicted molar refractivity (Wildman–Crippen MR) is 57.1 cm³/mol. The lowest BCUT2D eigenvalue weighted by Gasteiger charge is -2.36. The summed E-state index contributed by atoms with van der Waals surface area (Å²) < 4.78 is 13.9. The van der Waals surface area contributed by atoms with Gasteiger partial charge < -0.3 is 0 Å². The van der Waals surface area contributed by atoms with Crippen molar-refractivity contribution in [2.75, 3.05) is 13.1 Å². The predicted octanol–water partition coefficient (Wildman–Crippen LogP) is 2.55. The van der Waals surface area contributed by atoms with Crippen LogP contribution in [0.4, 0.5) is 4.39 Å². The first-order chi connectivity index (χ1) is 7.27. The van der Waals surface area contributed by atoms with Crippen LogP contribution < -0.4 is 0 Å². The monoisotopic (exact) mass is 214 g/mol. The third-order valence-electron chi connectivity index (χ3n) is 3.84. The molecule has 15 heavy (non-hydrogen) atoms. The Labute approximate surface area is 91.5 Å². The molecular formula is C12H21FNO. The summed E-state index contributed by atoms with van der Waals surface area (Å²) in [6, 6.07) is 0.111. The molecule has 2 nitrogen and oxygen atoms in total. The molecule has 3 heteroatoms. The summed E-state index contributed by atoms with van der Waals surface area (Å²) in [6.45, 7) is 1.64. The van der Waals surface area contributed by atoms with Crippen LogP contribution in [0, 0.1) is 0 Å². The number of rotatable bonds is 1. The summed E-state index contributed by atoms with van der Waals surface area (Å²) in [5.74, 6) is 0. The fourth-order valence-corrected chi connectivity index (χ4v) is 2.86. The average molecular weight is 214 g/mol. The minimum absolute atomic E-state index is 0.111. The normalized spacial score (nSPS) is 36.4. The topological polar surface area (TPSA) is 23.1 Å². The summed E-state index contributed by atoms with van der Waals surface area (Å²) >= 11 is 0. The van der Waals surface area contributed by atoms with Crippen LogP contribution in [-0.4, -0.2) is 36.3 Å². The lowest BCUT2D eigenvalue weighted by molar-refractivity contribution is -0.000537. The lowest BCUT2D eigenvalue weighted by Crippen LogP contribution is -2.46. The number of alkyl halides is 1. The number of hydrogen-bond donors (Lipinski definition) is 0. The Hall–Kier alpha value is -0.150. The van der Waals surface area contributed by atoms with Crippen molar-refractivity contribution in [3.05, 3.63) is 0 Å². The fraction of sp³-hybridized carbons (Fsp3) is 1.00. The van der Waals surface area contributed by atoms with Crippen molar-refractivity contribution in [2.24, 2.45) is 0 Å². The van der Waals surface area contributed by atoms with Gasteiger partial charge in [-0.2, -0.15) is 0 Å². The van der Waals surface area contributed by atoms with Crippen molar-refractivity contribution in [1.29, 1.82) is 0 Å². The molecule has 1 heterocycles. The average Bonchev–Trinajstić information content (AvgIpc) is 2.44. The van der Waals surface area contributed by atoms with E-state index >= 15 is 0 Å². The van der Waals surface area contributed by atoms with Gasteiger partial charge in [-0.15, -0.1) is 0 Å². The first-order valence-electron chi connectivity index (χ1n) is 6.31. The van der Waals surface area contributed by atoms with E-state index in [1.165, 1.54) is 6.42 Å². The third-order valence-corrected chi connectivity index (χ3v) is 3.84. The number of likely N-dealkylation sites (tertiary alicyclic amines) is 1. The smallest absolute Gasteiger partial charge is 0.116 e. The molecule has 1 aliphatic carbocycles. The van der Waals surface area contributed by atoms with Crippen LogP contribution in [0.2, 0.25) is 0 Å². The summed E-state index contributed by atoms with van der Waals surface area (Å²) in [7, 11) is 0. The molecule has 2 aliphatic rings. The van der Waals surface area contributed by atoms with Crippen molar-refractivity contribution in [2.45, 2.75) is 63.3 Å². The highest BCUT2D eigenvalue weighted by Crippen LogP contribution is 2.27. The van der Waals surface area contributed by atoms with E-state index in [4.69, 9.17) is 0 Å². The van der Waals surface area contributed by atoms with Gasteiger partial charge in [-0.05, 0) is 25.7 Å². The van der Waals surface area contributed by atoms with Crippen LogP contribution >= 0.6 is 0 Å². The Morgan fingerprint density at radius 2 is 1.60 bits per heavy atom. The molecule has 0 aromatic heterocycles. The van der Waals surface area contributed by atoms with E-state index in [1.807, 2.05) is 0 Å². The van der Waals surface area contributed by atoms with Crippen molar-refractivity contribution in [1.82, 2.24) is 4.90 Å². The largest absolute Gasteiger partial charge is 0.297 e. The number of halogens is 1. The van der Waals surface area contributed by atoms with Gasteiger partial charge in [-0.1, -0.05) is 19.3 Å². The van der Waals surface area contributed by atoms with Crippen molar-refractivity contribution in [3.8, 4) is 0 Å². The molecule has 0 spiro atoms. The number of piperidine rings is 1. The number of nitrogens with zero attached hydrogens (tertiary/aromatic N) is 1. The van der Waals surface area contributed by atoms with E-state index in [9.17, 15) is 9.50 Å². The molecule has 0 aromatic rings. The van der Waals surface area contributed by atoms with E-state index in [0.717, 1.165) is 38.8 Å². The second-order valence-corrected chi connectivity index (χ2v) is 4.96. The second kappa shape index (κ2) is 5.26. The van der Waals surface area contributed by atoms with Gasteiger partial charge in [-0.3, -0.25) is 4.90 Å². The van der Waals surface area contributed by atoms with Crippen LogP contribution in [0.15, 0.2) is 0 Å². The molecule has 1 radical (unpaired) electrons. The summed E-state index contributed by atoms with van der Waals surface area (Å²) in [6.07, 6.45) is 5.45. The van der Waals surface area contributed by atoms with Crippen LogP contribution in [0.1, 0.15) is 44.9 Å². The molecule has 1 saturated heterocycles. The lowest BCUT2D eigenvalue weighted by atomic mass is 10.0. The van der Waals surface area contributed by atoms with E-state index < -0.39 is 12.3 Å². The van der Waals surface area contributed by atoms with E-state index in [-0.39, 0.29) is 6.04 Å². The standard InChI is InChI=1S/C12H21FNO/c13-11-4-2-1-3-5-12(11)14-8-6-10(15)7-9-14/h10-12H,1-9H2. The molecule has 87 valence electrons. The molecule has 2 atom stereocenters. The van der Waals surface area contributed by atoms with E-state index in [2.05, 4.69) is 4.90 Å². The summed E-state index contributed by atoms with van der Waals surface area (Å²) in [4.78, 5) is 2.23. The van der Waals surface area contributed by atoms with Crippen LogP contribution in [-0.2, 0) is 5.11 Å². The first-order valence-corrected chi connectivity index (χ1v) is 6.31. The summed E-state index contributed by atoms with van der Waals surface area (Å²) in [5, 5.41) is 11.2. The first kappa shape index (κ1) is 11.3. The minimum atomic E-state index is -0.657. The van der Waals surface area contributed by atoms with Gasteiger partial charge in [0.25, 0.3) is 0 Å². The Kier molecular flexibility index (Phi) is 3.98. The second-order valence-electron chi connectivity index (χ2n) is 4.96. The molecule has 2 fully saturated rings. The van der Waals surface area contributed by atoms with E-state index in [1.54, 1.807) is 0 Å². The van der Waals surface area contributed by atoms with Gasteiger partial charge in [0.15, 0.2) is 0 Å². The Morgan fingerprint density at radius 1 is 0.933 bits per heavy atom. The van der Waals surface area contributed by atoms with Gasteiger partial charge in [0.2, 0.25) is 0 Å². The molecular weight excluding hydrogens is 193 g/mol. The highest BCUT2D eigenvalue weighted by molar-refractivity contribution is 4.85. The minimum Gasteiger partial charge on any atom is -0.297 e. The van der Waals surface area contributed by atoms with Crippen LogP contribution in [0.25, 0.3) is 0 Å².